The third-order valence-electron chi connectivity index (χ3n) is 9.25. The average molecular weight is 653 g/mol. The molecule has 0 atom stereocenters. The van der Waals surface area contributed by atoms with Gasteiger partial charge in [0.15, 0.2) is 5.82 Å². The fourth-order valence-corrected chi connectivity index (χ4v) is 6.81. The highest BCUT2D eigenvalue weighted by Crippen LogP contribution is 2.43. The number of hydrogen-bond donors (Lipinski definition) is 1. The summed E-state index contributed by atoms with van der Waals surface area (Å²) in [6.07, 6.45) is 0. The van der Waals surface area contributed by atoms with Gasteiger partial charge in [-0.25, -0.2) is 15.0 Å². The zero-order valence-corrected chi connectivity index (χ0v) is 27.7. The first-order valence-corrected chi connectivity index (χ1v) is 17.1. The van der Waals surface area contributed by atoms with Crippen molar-refractivity contribution in [1.82, 2.24) is 15.0 Å². The third kappa shape index (κ3) is 5.90. The molecular weight excluding hydrogens is 621 g/mol. The van der Waals surface area contributed by atoms with E-state index in [2.05, 4.69) is 145 Å². The molecule has 2 aromatic heterocycles. The Morgan fingerprint density at radius 2 is 0.941 bits per heavy atom. The van der Waals surface area contributed by atoms with E-state index in [0.29, 0.717) is 5.82 Å². The molecule has 4 nitrogen and oxygen atoms in total. The Morgan fingerprint density at radius 3 is 1.67 bits per heavy atom. The second kappa shape index (κ2) is 13.2. The lowest BCUT2D eigenvalue weighted by Crippen LogP contribution is -1.99. The number of pyridine rings is 1. The second-order valence-corrected chi connectivity index (χ2v) is 12.5. The van der Waals surface area contributed by atoms with E-state index in [-0.39, 0.29) is 0 Å². The van der Waals surface area contributed by atoms with Gasteiger partial charge in [-0.3, -0.25) is 0 Å². The zero-order chi connectivity index (χ0) is 34.0. The van der Waals surface area contributed by atoms with Crippen LogP contribution in [0.1, 0.15) is 0 Å². The van der Waals surface area contributed by atoms with Crippen LogP contribution >= 0.6 is 0 Å². The molecular formula is C47H32N4. The molecule has 0 saturated heterocycles. The molecule has 0 unspecified atom stereocenters. The van der Waals surface area contributed by atoms with Crippen LogP contribution in [-0.2, 0) is 0 Å². The molecule has 0 amide bonds. The fourth-order valence-electron chi connectivity index (χ4n) is 6.81. The van der Waals surface area contributed by atoms with E-state index < -0.39 is 0 Å². The number of nitrogens with one attached hydrogen (secondary N) is 1. The highest BCUT2D eigenvalue weighted by molar-refractivity contribution is 6.19. The molecule has 0 aliphatic carbocycles. The minimum atomic E-state index is 0.696. The Morgan fingerprint density at radius 1 is 0.373 bits per heavy atom. The first-order valence-electron chi connectivity index (χ1n) is 17.1. The largest absolute Gasteiger partial charge is 0.354 e. The number of para-hydroxylation sites is 2. The summed E-state index contributed by atoms with van der Waals surface area (Å²) in [4.78, 5) is 15.3. The summed E-state index contributed by atoms with van der Waals surface area (Å²) >= 11 is 0. The summed E-state index contributed by atoms with van der Waals surface area (Å²) in [5.41, 5.74) is 12.0. The maximum absolute atomic E-state index is 5.20. The number of aromatic nitrogens is 3. The number of nitrogens with zero attached hydrogens (tertiary/aromatic N) is 3. The zero-order valence-electron chi connectivity index (χ0n) is 27.7. The maximum Gasteiger partial charge on any atom is 0.160 e. The Balaban J connectivity index is 1.27. The summed E-state index contributed by atoms with van der Waals surface area (Å²) in [5.74, 6) is 0.696. The number of rotatable bonds is 7. The van der Waals surface area contributed by atoms with Gasteiger partial charge in [-0.1, -0.05) is 158 Å². The Kier molecular flexibility index (Phi) is 7.80. The van der Waals surface area contributed by atoms with E-state index in [0.717, 1.165) is 83.5 Å². The van der Waals surface area contributed by atoms with Crippen LogP contribution in [0, 0.1) is 0 Å². The molecule has 9 aromatic rings. The number of hydrogen-bond acceptors (Lipinski definition) is 4. The molecule has 0 fully saturated rings. The molecule has 240 valence electrons. The lowest BCUT2D eigenvalue weighted by molar-refractivity contribution is 1.18. The molecule has 9 rings (SSSR count). The third-order valence-corrected chi connectivity index (χ3v) is 9.25. The minimum absolute atomic E-state index is 0.696. The van der Waals surface area contributed by atoms with Crippen LogP contribution < -0.4 is 5.32 Å². The first kappa shape index (κ1) is 30.2. The Hall–Kier alpha value is -6.91. The average Bonchev–Trinajstić information content (AvgIpc) is 3.22. The van der Waals surface area contributed by atoms with Crippen LogP contribution in [0.3, 0.4) is 0 Å². The van der Waals surface area contributed by atoms with Gasteiger partial charge in [0, 0.05) is 49.7 Å². The van der Waals surface area contributed by atoms with E-state index in [1.807, 2.05) is 48.5 Å². The van der Waals surface area contributed by atoms with Crippen LogP contribution in [0.5, 0.6) is 0 Å². The molecule has 0 bridgehead atoms. The van der Waals surface area contributed by atoms with Crippen molar-refractivity contribution in [2.24, 2.45) is 0 Å². The van der Waals surface area contributed by atoms with Gasteiger partial charge < -0.3 is 5.32 Å². The smallest absolute Gasteiger partial charge is 0.160 e. The molecule has 0 aliphatic heterocycles. The molecule has 1 N–H and O–H groups in total. The van der Waals surface area contributed by atoms with Gasteiger partial charge in [-0.2, -0.15) is 0 Å². The molecule has 0 spiro atoms. The van der Waals surface area contributed by atoms with E-state index >= 15 is 0 Å². The van der Waals surface area contributed by atoms with Gasteiger partial charge in [0.1, 0.15) is 0 Å². The second-order valence-electron chi connectivity index (χ2n) is 12.5. The Labute approximate surface area is 296 Å². The van der Waals surface area contributed by atoms with Crippen molar-refractivity contribution in [1.29, 1.82) is 0 Å². The van der Waals surface area contributed by atoms with Gasteiger partial charge in [-0.15, -0.1) is 0 Å². The van der Waals surface area contributed by atoms with Crippen molar-refractivity contribution >= 4 is 33.1 Å². The number of benzene rings is 7. The highest BCUT2D eigenvalue weighted by atomic mass is 14.9. The summed E-state index contributed by atoms with van der Waals surface area (Å²) in [5, 5.41) is 7.17. The lowest BCUT2D eigenvalue weighted by Gasteiger charge is -2.19. The quantitative estimate of drug-likeness (QED) is 0.174. The predicted octanol–water partition coefficient (Wildman–Crippen LogP) is 12.3. The van der Waals surface area contributed by atoms with Crippen LogP contribution in [0.4, 0.5) is 11.4 Å². The van der Waals surface area contributed by atoms with Gasteiger partial charge in [-0.05, 0) is 35.9 Å². The molecule has 0 aliphatic rings. The van der Waals surface area contributed by atoms with E-state index in [1.54, 1.807) is 0 Å². The molecule has 7 aromatic carbocycles. The molecule has 51 heavy (non-hydrogen) atoms. The molecule has 0 radical (unpaired) electrons. The molecule has 4 heteroatoms. The number of fused-ring (bicyclic) bond motifs is 3. The van der Waals surface area contributed by atoms with E-state index in [4.69, 9.17) is 15.0 Å². The van der Waals surface area contributed by atoms with Crippen LogP contribution in [0.2, 0.25) is 0 Å². The summed E-state index contributed by atoms with van der Waals surface area (Å²) in [6, 6.07) is 65.0. The van der Waals surface area contributed by atoms with Crippen LogP contribution in [-0.4, -0.2) is 15.0 Å². The minimum Gasteiger partial charge on any atom is -0.354 e. The van der Waals surface area contributed by atoms with Crippen molar-refractivity contribution in [3.63, 3.8) is 0 Å². The van der Waals surface area contributed by atoms with Crippen LogP contribution in [0.15, 0.2) is 188 Å². The summed E-state index contributed by atoms with van der Waals surface area (Å²) in [7, 11) is 0. The fraction of sp³-hybridized carbons (Fsp3) is 0. The monoisotopic (exact) mass is 652 g/mol. The van der Waals surface area contributed by atoms with Gasteiger partial charge in [0.05, 0.1) is 28.3 Å². The molecule has 0 saturated carbocycles. The first-order chi connectivity index (χ1) is 25.3. The lowest BCUT2D eigenvalue weighted by atomic mass is 9.92. The maximum atomic E-state index is 5.20. The summed E-state index contributed by atoms with van der Waals surface area (Å²) in [6.45, 7) is 0. The number of anilines is 2. The van der Waals surface area contributed by atoms with E-state index in [1.165, 1.54) is 0 Å². The highest BCUT2D eigenvalue weighted by Gasteiger charge is 2.19. The predicted molar refractivity (Wildman–Crippen MR) is 212 cm³/mol. The van der Waals surface area contributed by atoms with Gasteiger partial charge in [0.2, 0.25) is 0 Å². The van der Waals surface area contributed by atoms with Crippen molar-refractivity contribution < 1.29 is 0 Å². The van der Waals surface area contributed by atoms with Gasteiger partial charge >= 0.3 is 0 Å². The van der Waals surface area contributed by atoms with Crippen LogP contribution in [0.25, 0.3) is 78.0 Å². The SMILES string of the molecule is c1ccc(Nc2c(-c3cccc(-c4cc(-c5ccccc5)nc(-c5ccccc5)n4)c3)ccc3c(-c4ccccc4)nc4ccccc4c23)cc1. The molecule has 2 heterocycles. The normalized spacial score (nSPS) is 11.1. The van der Waals surface area contributed by atoms with Crippen molar-refractivity contribution in [3.8, 4) is 56.3 Å². The van der Waals surface area contributed by atoms with E-state index in [9.17, 15) is 0 Å². The Bertz CT molecular complexity index is 2580. The summed E-state index contributed by atoms with van der Waals surface area (Å²) < 4.78 is 0. The van der Waals surface area contributed by atoms with Gasteiger partial charge in [0.25, 0.3) is 0 Å². The van der Waals surface area contributed by atoms with Crippen molar-refractivity contribution in [2.45, 2.75) is 0 Å². The standard InChI is InChI=1S/C47H32N4/c1-5-16-32(17-6-1)42-31-43(51-47(50-42)34-20-9-3-10-21-34)36-23-15-22-35(30-36)38-28-29-40-44(46(38)48-37-24-11-4-12-25-37)39-26-13-14-27-41(39)49-45(40)33-18-7-2-8-19-33/h1-31,48H. The topological polar surface area (TPSA) is 50.7 Å². The van der Waals surface area contributed by atoms with Crippen molar-refractivity contribution in [2.75, 3.05) is 5.32 Å². The van der Waals surface area contributed by atoms with Crippen molar-refractivity contribution in [3.05, 3.63) is 188 Å².